The number of thioether (sulfide) groups is 1. The minimum absolute atomic E-state index is 0.0191. The van der Waals surface area contributed by atoms with Crippen LogP contribution in [0.2, 0.25) is 0 Å². The molecular weight excluding hydrogens is 494 g/mol. The molecule has 2 aliphatic carbocycles. The molecule has 2 saturated carbocycles. The van der Waals surface area contributed by atoms with E-state index in [9.17, 15) is 19.2 Å². The smallest absolute Gasteiger partial charge is 0.305 e. The number of carbonyl (C=O) groups is 3. The van der Waals surface area contributed by atoms with Crippen LogP contribution >= 0.6 is 23.1 Å². The van der Waals surface area contributed by atoms with E-state index in [0.29, 0.717) is 5.69 Å². The molecule has 0 unspecified atom stereocenters. The molecule has 1 saturated heterocycles. The zero-order valence-corrected chi connectivity index (χ0v) is 20.8. The van der Waals surface area contributed by atoms with Gasteiger partial charge in [0.2, 0.25) is 17.7 Å². The lowest BCUT2D eigenvalue weighted by Crippen LogP contribution is -2.42. The van der Waals surface area contributed by atoms with Gasteiger partial charge >= 0.3 is 4.87 Å². The number of benzene rings is 2. The fraction of sp³-hybridized carbons (Fsp3) is 0.333. The molecule has 7 rings (SSSR count). The maximum absolute atomic E-state index is 13.6. The SMILES string of the molecule is O=C(CN1C(=O)[C@@H]2[C@H]3C[C@@H]([C@@H]2C1=O)[C@@H]1[C@H](c2ccccc2)c2sc(=O)[nH]c2S[C@@H]31)Nc1ccccc1. The number of hydrogen-bond acceptors (Lipinski definition) is 6. The quantitative estimate of drug-likeness (QED) is 0.516. The second-order valence-electron chi connectivity index (χ2n) is 10.0. The first-order valence-electron chi connectivity index (χ1n) is 12.2. The summed E-state index contributed by atoms with van der Waals surface area (Å²) < 4.78 is 0. The van der Waals surface area contributed by atoms with Crippen molar-refractivity contribution in [2.45, 2.75) is 22.6 Å². The standard InChI is InChI=1S/C27H23N3O4S2/c31-17(28-14-9-5-2-6-10-14)12-30-25(32)20-15-11-16(21(20)26(30)33)22-19(15)18(13-7-3-1-4-8-13)23-24(35-22)29-27(34)36-23/h1-10,15-16,18-22H,11-12H2,(H,28,31)(H,29,34)/t15-,16-,18+,19-,20+,21-,22+/m1/s1. The molecule has 3 amide bonds. The van der Waals surface area contributed by atoms with Gasteiger partial charge in [-0.2, -0.15) is 0 Å². The van der Waals surface area contributed by atoms with E-state index in [1.165, 1.54) is 16.2 Å². The van der Waals surface area contributed by atoms with Gasteiger partial charge in [0.05, 0.1) is 16.9 Å². The van der Waals surface area contributed by atoms with Crippen LogP contribution in [0.25, 0.3) is 0 Å². The topological polar surface area (TPSA) is 99.3 Å². The van der Waals surface area contributed by atoms with E-state index >= 15 is 0 Å². The van der Waals surface area contributed by atoms with Gasteiger partial charge in [0.15, 0.2) is 0 Å². The van der Waals surface area contributed by atoms with E-state index in [1.807, 2.05) is 36.4 Å². The number of rotatable bonds is 4. The summed E-state index contributed by atoms with van der Waals surface area (Å²) in [6.45, 7) is -0.260. The fourth-order valence-electron chi connectivity index (χ4n) is 7.13. The average molecular weight is 518 g/mol. The highest BCUT2D eigenvalue weighted by molar-refractivity contribution is 8.00. The van der Waals surface area contributed by atoms with Crippen LogP contribution < -0.4 is 10.2 Å². The van der Waals surface area contributed by atoms with Crippen molar-refractivity contribution < 1.29 is 14.4 Å². The Morgan fingerprint density at radius 3 is 2.33 bits per heavy atom. The first-order chi connectivity index (χ1) is 17.5. The maximum Gasteiger partial charge on any atom is 0.305 e. The van der Waals surface area contributed by atoms with Crippen LogP contribution in [0, 0.1) is 29.6 Å². The number of likely N-dealkylation sites (tertiary alicyclic amines) is 1. The predicted octanol–water partition coefficient (Wildman–Crippen LogP) is 3.55. The number of amides is 3. The molecule has 2 bridgehead atoms. The van der Waals surface area contributed by atoms with Gasteiger partial charge < -0.3 is 10.3 Å². The number of nitrogens with one attached hydrogen (secondary N) is 2. The molecule has 7 atom stereocenters. The number of aromatic amines is 1. The molecule has 2 aliphatic heterocycles. The Kier molecular flexibility index (Phi) is 5.01. The van der Waals surface area contributed by atoms with Crippen molar-refractivity contribution in [2.75, 3.05) is 11.9 Å². The number of carbonyl (C=O) groups excluding carboxylic acids is 3. The van der Waals surface area contributed by atoms with E-state index in [2.05, 4.69) is 22.4 Å². The van der Waals surface area contributed by atoms with Crippen molar-refractivity contribution in [3.8, 4) is 0 Å². The number of hydrogen-bond donors (Lipinski definition) is 2. The van der Waals surface area contributed by atoms with Gasteiger partial charge in [-0.05, 0) is 41.9 Å². The van der Waals surface area contributed by atoms with Crippen molar-refractivity contribution >= 4 is 46.5 Å². The number of nitrogens with zero attached hydrogens (tertiary/aromatic N) is 1. The highest BCUT2D eigenvalue weighted by Gasteiger charge is 2.69. The third-order valence-electron chi connectivity index (χ3n) is 8.33. The van der Waals surface area contributed by atoms with Crippen LogP contribution in [-0.2, 0) is 14.4 Å². The van der Waals surface area contributed by atoms with Crippen LogP contribution in [0.5, 0.6) is 0 Å². The van der Waals surface area contributed by atoms with E-state index in [0.717, 1.165) is 21.9 Å². The van der Waals surface area contributed by atoms with E-state index in [4.69, 9.17) is 0 Å². The summed E-state index contributed by atoms with van der Waals surface area (Å²) >= 11 is 2.93. The summed E-state index contributed by atoms with van der Waals surface area (Å²) in [5, 5.41) is 3.83. The molecule has 9 heteroatoms. The number of anilines is 1. The Morgan fingerprint density at radius 2 is 1.61 bits per heavy atom. The van der Waals surface area contributed by atoms with Gasteiger partial charge in [0.1, 0.15) is 6.54 Å². The normalized spacial score (nSPS) is 31.8. The highest BCUT2D eigenvalue weighted by atomic mass is 32.2. The molecule has 36 heavy (non-hydrogen) atoms. The third-order valence-corrected chi connectivity index (χ3v) is 10.9. The molecule has 2 aromatic carbocycles. The van der Waals surface area contributed by atoms with Gasteiger partial charge in [-0.3, -0.25) is 24.1 Å². The van der Waals surface area contributed by atoms with E-state index in [-0.39, 0.29) is 64.0 Å². The van der Waals surface area contributed by atoms with Gasteiger partial charge in [-0.15, -0.1) is 11.8 Å². The molecule has 3 heterocycles. The van der Waals surface area contributed by atoms with Crippen molar-refractivity contribution in [1.29, 1.82) is 0 Å². The van der Waals surface area contributed by atoms with Crippen LogP contribution in [0.1, 0.15) is 22.8 Å². The second-order valence-corrected chi connectivity index (χ2v) is 12.3. The highest BCUT2D eigenvalue weighted by Crippen LogP contribution is 2.68. The number of fused-ring (bicyclic) bond motifs is 9. The van der Waals surface area contributed by atoms with Crippen molar-refractivity contribution in [2.24, 2.45) is 29.6 Å². The number of para-hydroxylation sites is 1. The molecule has 4 aliphatic rings. The van der Waals surface area contributed by atoms with Crippen molar-refractivity contribution in [1.82, 2.24) is 9.88 Å². The fourth-order valence-corrected chi connectivity index (χ4v) is 10.0. The maximum atomic E-state index is 13.6. The monoisotopic (exact) mass is 517 g/mol. The first kappa shape index (κ1) is 22.1. The zero-order chi connectivity index (χ0) is 24.6. The van der Waals surface area contributed by atoms with Crippen molar-refractivity contribution in [3.05, 3.63) is 80.8 Å². The molecular formula is C27H23N3O4S2. The third kappa shape index (κ3) is 3.18. The Labute approximate surface area is 215 Å². The summed E-state index contributed by atoms with van der Waals surface area (Å²) in [5.41, 5.74) is 1.78. The summed E-state index contributed by atoms with van der Waals surface area (Å²) in [6, 6.07) is 19.2. The predicted molar refractivity (Wildman–Crippen MR) is 137 cm³/mol. The molecule has 2 N–H and O–H groups in total. The van der Waals surface area contributed by atoms with Crippen LogP contribution in [0.15, 0.2) is 70.5 Å². The molecule has 3 aromatic rings. The Hall–Kier alpha value is -3.17. The van der Waals surface area contributed by atoms with Gasteiger partial charge in [0, 0.05) is 21.7 Å². The summed E-state index contributed by atoms with van der Waals surface area (Å²) in [4.78, 5) is 57.3. The zero-order valence-electron chi connectivity index (χ0n) is 19.1. The Bertz CT molecular complexity index is 1440. The lowest BCUT2D eigenvalue weighted by molar-refractivity contribution is -0.143. The number of thiazole rings is 1. The minimum Gasteiger partial charge on any atom is -0.325 e. The Balaban J connectivity index is 1.20. The Morgan fingerprint density at radius 1 is 0.944 bits per heavy atom. The molecule has 3 fully saturated rings. The summed E-state index contributed by atoms with van der Waals surface area (Å²) in [6.07, 6.45) is 0.835. The molecule has 182 valence electrons. The van der Waals surface area contributed by atoms with Crippen molar-refractivity contribution in [3.63, 3.8) is 0 Å². The lowest BCUT2D eigenvalue weighted by Gasteiger charge is -2.43. The summed E-state index contributed by atoms with van der Waals surface area (Å²) in [7, 11) is 0. The number of imide groups is 1. The van der Waals surface area contributed by atoms with E-state index < -0.39 is 5.92 Å². The first-order valence-corrected chi connectivity index (χ1v) is 13.9. The summed E-state index contributed by atoms with van der Waals surface area (Å²) in [5.74, 6) is -1.30. The van der Waals surface area contributed by atoms with Crippen LogP contribution in [-0.4, -0.2) is 39.4 Å². The number of H-pyrrole nitrogens is 1. The van der Waals surface area contributed by atoms with Gasteiger partial charge in [-0.1, -0.05) is 59.9 Å². The van der Waals surface area contributed by atoms with E-state index in [1.54, 1.807) is 23.9 Å². The average Bonchev–Trinajstić information content (AvgIpc) is 3.61. The van der Waals surface area contributed by atoms with Crippen LogP contribution in [0.4, 0.5) is 5.69 Å². The lowest BCUT2D eigenvalue weighted by atomic mass is 9.68. The minimum atomic E-state index is -0.391. The second kappa shape index (κ2) is 8.18. The van der Waals surface area contributed by atoms with Gasteiger partial charge in [-0.25, -0.2) is 0 Å². The molecule has 7 nitrogen and oxygen atoms in total. The molecule has 0 spiro atoms. The number of aromatic nitrogens is 1. The van der Waals surface area contributed by atoms with Crippen LogP contribution in [0.3, 0.4) is 0 Å². The molecule has 1 aromatic heterocycles. The largest absolute Gasteiger partial charge is 0.325 e. The molecule has 0 radical (unpaired) electrons. The van der Waals surface area contributed by atoms with Gasteiger partial charge in [0.25, 0.3) is 0 Å².